The third-order valence-corrected chi connectivity index (χ3v) is 6.38. The van der Waals surface area contributed by atoms with Gasteiger partial charge in [0.05, 0.1) is 18.2 Å². The SMILES string of the molecule is Cc1cccc(NC(=O)CN(C)C(=O)c2ccccc2SCC2CCCO2)c1C. The van der Waals surface area contributed by atoms with Crippen molar-refractivity contribution in [3.63, 3.8) is 0 Å². The van der Waals surface area contributed by atoms with Gasteiger partial charge in [-0.05, 0) is 56.0 Å². The van der Waals surface area contributed by atoms with Crippen molar-refractivity contribution in [2.24, 2.45) is 0 Å². The van der Waals surface area contributed by atoms with E-state index in [1.54, 1.807) is 18.8 Å². The maximum Gasteiger partial charge on any atom is 0.255 e. The third-order valence-electron chi connectivity index (χ3n) is 5.17. The van der Waals surface area contributed by atoms with Gasteiger partial charge in [0.15, 0.2) is 0 Å². The van der Waals surface area contributed by atoms with Gasteiger partial charge in [0, 0.05) is 30.0 Å². The summed E-state index contributed by atoms with van der Waals surface area (Å²) in [5.41, 5.74) is 3.55. The van der Waals surface area contributed by atoms with Crippen LogP contribution in [0.2, 0.25) is 0 Å². The Morgan fingerprint density at radius 2 is 1.97 bits per heavy atom. The molecule has 1 N–H and O–H groups in total. The van der Waals surface area contributed by atoms with Crippen molar-refractivity contribution in [3.05, 3.63) is 59.2 Å². The van der Waals surface area contributed by atoms with E-state index in [1.807, 2.05) is 56.3 Å². The Morgan fingerprint density at radius 1 is 1.17 bits per heavy atom. The molecular weight excluding hydrogens is 384 g/mol. The fourth-order valence-electron chi connectivity index (χ4n) is 3.30. The molecule has 2 aromatic carbocycles. The molecule has 0 saturated carbocycles. The number of nitrogens with one attached hydrogen (secondary N) is 1. The summed E-state index contributed by atoms with van der Waals surface area (Å²) in [4.78, 5) is 27.8. The van der Waals surface area contributed by atoms with Gasteiger partial charge in [-0.25, -0.2) is 0 Å². The normalized spacial score (nSPS) is 15.9. The van der Waals surface area contributed by atoms with Gasteiger partial charge >= 0.3 is 0 Å². The number of ether oxygens (including phenoxy) is 1. The summed E-state index contributed by atoms with van der Waals surface area (Å²) in [7, 11) is 1.66. The lowest BCUT2D eigenvalue weighted by atomic mass is 10.1. The maximum atomic E-state index is 13.0. The molecule has 1 unspecified atom stereocenters. The van der Waals surface area contributed by atoms with E-state index in [9.17, 15) is 9.59 Å². The Kier molecular flexibility index (Phi) is 7.34. The number of aryl methyl sites for hydroxylation is 1. The van der Waals surface area contributed by atoms with Crippen LogP contribution in [-0.2, 0) is 9.53 Å². The highest BCUT2D eigenvalue weighted by atomic mass is 32.2. The molecule has 6 heteroatoms. The van der Waals surface area contributed by atoms with Gasteiger partial charge < -0.3 is 15.0 Å². The maximum absolute atomic E-state index is 13.0. The molecule has 3 rings (SSSR count). The Hall–Kier alpha value is -2.31. The average Bonchev–Trinajstić information content (AvgIpc) is 3.23. The minimum absolute atomic E-state index is 0.00302. The van der Waals surface area contributed by atoms with Crippen LogP contribution in [0, 0.1) is 13.8 Å². The topological polar surface area (TPSA) is 58.6 Å². The zero-order chi connectivity index (χ0) is 20.8. The number of rotatable bonds is 7. The Labute approximate surface area is 176 Å². The molecule has 29 heavy (non-hydrogen) atoms. The summed E-state index contributed by atoms with van der Waals surface area (Å²) in [5, 5.41) is 2.91. The quantitative estimate of drug-likeness (QED) is 0.690. The second-order valence-corrected chi connectivity index (χ2v) is 8.46. The van der Waals surface area contributed by atoms with Gasteiger partial charge in [0.2, 0.25) is 5.91 Å². The first-order valence-corrected chi connectivity index (χ1v) is 10.9. The predicted molar refractivity (Wildman–Crippen MR) is 118 cm³/mol. The summed E-state index contributed by atoms with van der Waals surface area (Å²) in [6, 6.07) is 13.4. The number of nitrogens with zero attached hydrogens (tertiary/aromatic N) is 1. The van der Waals surface area contributed by atoms with Crippen molar-refractivity contribution in [1.29, 1.82) is 0 Å². The molecule has 5 nitrogen and oxygen atoms in total. The second kappa shape index (κ2) is 9.94. The van der Waals surface area contributed by atoms with Crippen molar-refractivity contribution in [2.75, 3.05) is 31.3 Å². The van der Waals surface area contributed by atoms with E-state index in [1.165, 1.54) is 4.90 Å². The molecule has 0 spiro atoms. The van der Waals surface area contributed by atoms with E-state index < -0.39 is 0 Å². The van der Waals surface area contributed by atoms with Crippen molar-refractivity contribution in [3.8, 4) is 0 Å². The first kappa shape index (κ1) is 21.4. The lowest BCUT2D eigenvalue weighted by Gasteiger charge is -2.19. The number of amides is 2. The van der Waals surface area contributed by atoms with E-state index in [0.717, 1.165) is 46.9 Å². The Bertz CT molecular complexity index is 878. The molecule has 1 heterocycles. The zero-order valence-electron chi connectivity index (χ0n) is 17.2. The van der Waals surface area contributed by atoms with Crippen LogP contribution in [0.25, 0.3) is 0 Å². The van der Waals surface area contributed by atoms with Crippen molar-refractivity contribution >= 4 is 29.3 Å². The summed E-state index contributed by atoms with van der Waals surface area (Å²) in [5.74, 6) is 0.469. The Balaban J connectivity index is 1.62. The monoisotopic (exact) mass is 412 g/mol. The fourth-order valence-corrected chi connectivity index (χ4v) is 4.41. The van der Waals surface area contributed by atoms with E-state index in [-0.39, 0.29) is 24.5 Å². The molecule has 0 radical (unpaired) electrons. The highest BCUT2D eigenvalue weighted by molar-refractivity contribution is 7.99. The summed E-state index contributed by atoms with van der Waals surface area (Å²) in [6.07, 6.45) is 2.43. The molecule has 0 bridgehead atoms. The number of carbonyl (C=O) groups is 2. The standard InChI is InChI=1S/C23H28N2O3S/c1-16-8-6-11-20(17(16)2)24-22(26)14-25(3)23(27)19-10-4-5-12-21(19)29-15-18-9-7-13-28-18/h4-6,8,10-12,18H,7,9,13-15H2,1-3H3,(H,24,26). The highest BCUT2D eigenvalue weighted by Gasteiger charge is 2.21. The molecule has 1 atom stereocenters. The fraction of sp³-hybridized carbons (Fsp3) is 0.391. The van der Waals surface area contributed by atoms with Crippen LogP contribution >= 0.6 is 11.8 Å². The molecule has 154 valence electrons. The number of hydrogen-bond donors (Lipinski definition) is 1. The number of thioether (sulfide) groups is 1. The molecule has 0 aliphatic carbocycles. The average molecular weight is 413 g/mol. The van der Waals surface area contributed by atoms with Crippen LogP contribution in [-0.4, -0.2) is 48.8 Å². The van der Waals surface area contributed by atoms with Crippen LogP contribution in [0.3, 0.4) is 0 Å². The van der Waals surface area contributed by atoms with Gasteiger partial charge in [0.25, 0.3) is 5.91 Å². The van der Waals surface area contributed by atoms with Crippen molar-refractivity contribution < 1.29 is 14.3 Å². The lowest BCUT2D eigenvalue weighted by molar-refractivity contribution is -0.116. The summed E-state index contributed by atoms with van der Waals surface area (Å²) >= 11 is 1.64. The van der Waals surface area contributed by atoms with Gasteiger partial charge in [-0.15, -0.1) is 11.8 Å². The second-order valence-electron chi connectivity index (χ2n) is 7.40. The first-order chi connectivity index (χ1) is 14.0. The largest absolute Gasteiger partial charge is 0.377 e. The van der Waals surface area contributed by atoms with Crippen LogP contribution in [0.5, 0.6) is 0 Å². The van der Waals surface area contributed by atoms with Gasteiger partial charge in [-0.1, -0.05) is 24.3 Å². The van der Waals surface area contributed by atoms with E-state index >= 15 is 0 Å². The molecule has 0 aromatic heterocycles. The first-order valence-electron chi connectivity index (χ1n) is 9.90. The van der Waals surface area contributed by atoms with E-state index in [0.29, 0.717) is 5.56 Å². The molecule has 2 aromatic rings. The van der Waals surface area contributed by atoms with Crippen molar-refractivity contribution in [2.45, 2.75) is 37.7 Å². The minimum atomic E-state index is -0.209. The zero-order valence-corrected chi connectivity index (χ0v) is 18.1. The number of carbonyl (C=O) groups excluding carboxylic acids is 2. The number of likely N-dealkylation sites (N-methyl/N-ethyl adjacent to an activating group) is 1. The molecule has 1 aliphatic rings. The van der Waals surface area contributed by atoms with E-state index in [4.69, 9.17) is 4.74 Å². The minimum Gasteiger partial charge on any atom is -0.377 e. The van der Waals surface area contributed by atoms with Gasteiger partial charge in [-0.2, -0.15) is 0 Å². The number of benzene rings is 2. The lowest BCUT2D eigenvalue weighted by Crippen LogP contribution is -2.35. The number of anilines is 1. The predicted octanol–water partition coefficient (Wildman–Crippen LogP) is 4.29. The molecule has 2 amide bonds. The van der Waals surface area contributed by atoms with Crippen LogP contribution in [0.4, 0.5) is 5.69 Å². The Morgan fingerprint density at radius 3 is 2.72 bits per heavy atom. The molecular formula is C23H28N2O3S. The van der Waals surface area contributed by atoms with Crippen LogP contribution in [0.15, 0.2) is 47.4 Å². The molecule has 1 saturated heterocycles. The van der Waals surface area contributed by atoms with Crippen LogP contribution in [0.1, 0.15) is 34.3 Å². The smallest absolute Gasteiger partial charge is 0.255 e. The van der Waals surface area contributed by atoms with Gasteiger partial charge in [0.1, 0.15) is 0 Å². The molecule has 1 aliphatic heterocycles. The van der Waals surface area contributed by atoms with Gasteiger partial charge in [-0.3, -0.25) is 9.59 Å². The molecule has 1 fully saturated rings. The highest BCUT2D eigenvalue weighted by Crippen LogP contribution is 2.27. The number of hydrogen-bond acceptors (Lipinski definition) is 4. The van der Waals surface area contributed by atoms with E-state index in [2.05, 4.69) is 5.32 Å². The summed E-state index contributed by atoms with van der Waals surface area (Å²) in [6.45, 7) is 4.80. The van der Waals surface area contributed by atoms with Crippen LogP contribution < -0.4 is 5.32 Å². The third kappa shape index (κ3) is 5.61. The van der Waals surface area contributed by atoms with Crippen molar-refractivity contribution in [1.82, 2.24) is 4.90 Å². The summed E-state index contributed by atoms with van der Waals surface area (Å²) < 4.78 is 5.68.